The first-order valence-electron chi connectivity index (χ1n) is 9.42. The fourth-order valence-electron chi connectivity index (χ4n) is 3.54. The lowest BCUT2D eigenvalue weighted by Gasteiger charge is -2.21. The van der Waals surface area contributed by atoms with E-state index in [-0.39, 0.29) is 5.91 Å². The lowest BCUT2D eigenvalue weighted by atomic mass is 10.2. The molecule has 1 amide bonds. The van der Waals surface area contributed by atoms with Gasteiger partial charge in [0, 0.05) is 38.1 Å². The fourth-order valence-corrected chi connectivity index (χ4v) is 4.20. The van der Waals surface area contributed by atoms with Crippen molar-refractivity contribution >= 4 is 28.2 Å². The Bertz CT molecular complexity index is 903. The van der Waals surface area contributed by atoms with Crippen LogP contribution in [0.2, 0.25) is 0 Å². The number of carbonyl (C=O) groups excluding carboxylic acids is 1. The summed E-state index contributed by atoms with van der Waals surface area (Å²) in [6.45, 7) is 6.82. The second-order valence-corrected chi connectivity index (χ2v) is 7.55. The van der Waals surface area contributed by atoms with Gasteiger partial charge in [-0.2, -0.15) is 11.3 Å². The van der Waals surface area contributed by atoms with Crippen LogP contribution < -0.4 is 4.74 Å². The molecule has 0 spiro atoms. The van der Waals surface area contributed by atoms with Gasteiger partial charge in [0.25, 0.3) is 5.91 Å². The molecular weight excluding hydrogens is 360 g/mol. The van der Waals surface area contributed by atoms with E-state index in [0.29, 0.717) is 23.7 Å². The van der Waals surface area contributed by atoms with E-state index >= 15 is 0 Å². The van der Waals surface area contributed by atoms with E-state index in [1.54, 1.807) is 11.3 Å². The third-order valence-corrected chi connectivity index (χ3v) is 5.61. The first-order chi connectivity index (χ1) is 13.2. The predicted octanol–water partition coefficient (Wildman–Crippen LogP) is 4.24. The van der Waals surface area contributed by atoms with Crippen molar-refractivity contribution in [2.75, 3.05) is 32.8 Å². The zero-order valence-corrected chi connectivity index (χ0v) is 16.3. The van der Waals surface area contributed by atoms with Gasteiger partial charge in [0.15, 0.2) is 17.1 Å². The monoisotopic (exact) mass is 384 g/mol. The Morgan fingerprint density at radius 2 is 2.15 bits per heavy atom. The first-order valence-corrected chi connectivity index (χ1v) is 10.4. The molecule has 1 fully saturated rings. The smallest absolute Gasteiger partial charge is 0.289 e. The highest BCUT2D eigenvalue weighted by Crippen LogP contribution is 2.29. The number of rotatable bonds is 5. The van der Waals surface area contributed by atoms with Gasteiger partial charge < -0.3 is 14.1 Å². The van der Waals surface area contributed by atoms with Gasteiger partial charge in [-0.25, -0.2) is 0 Å². The third kappa shape index (κ3) is 4.01. The molecule has 0 atom stereocenters. The SMILES string of the molecule is CCOc1cccc2cc(C(=O)N3CCCN(Cc4ccsc4)CC3)oc12. The molecule has 1 aromatic carbocycles. The van der Waals surface area contributed by atoms with Gasteiger partial charge in [-0.15, -0.1) is 0 Å². The number of nitrogens with zero attached hydrogens (tertiary/aromatic N) is 2. The minimum Gasteiger partial charge on any atom is -0.490 e. The summed E-state index contributed by atoms with van der Waals surface area (Å²) in [5.41, 5.74) is 2.00. The van der Waals surface area contributed by atoms with Crippen molar-refractivity contribution in [2.24, 2.45) is 0 Å². The van der Waals surface area contributed by atoms with E-state index < -0.39 is 0 Å². The fraction of sp³-hybridized carbons (Fsp3) is 0.381. The second-order valence-electron chi connectivity index (χ2n) is 6.77. The molecule has 4 rings (SSSR count). The Labute approximate surface area is 163 Å². The highest BCUT2D eigenvalue weighted by Gasteiger charge is 2.23. The number of furan rings is 1. The summed E-state index contributed by atoms with van der Waals surface area (Å²) in [6, 6.07) is 9.74. The topological polar surface area (TPSA) is 45.9 Å². The average Bonchev–Trinajstić information content (AvgIpc) is 3.28. The van der Waals surface area contributed by atoms with Crippen LogP contribution in [0.25, 0.3) is 11.0 Å². The van der Waals surface area contributed by atoms with Crippen molar-refractivity contribution in [1.82, 2.24) is 9.80 Å². The quantitative estimate of drug-likeness (QED) is 0.660. The summed E-state index contributed by atoms with van der Waals surface area (Å²) < 4.78 is 11.5. The maximum atomic E-state index is 13.0. The van der Waals surface area contributed by atoms with E-state index in [1.807, 2.05) is 36.1 Å². The van der Waals surface area contributed by atoms with Crippen LogP contribution in [0.3, 0.4) is 0 Å². The molecule has 0 saturated carbocycles. The molecule has 0 radical (unpaired) electrons. The molecule has 0 N–H and O–H groups in total. The molecule has 6 heteroatoms. The molecule has 0 bridgehead atoms. The Balaban J connectivity index is 1.46. The largest absolute Gasteiger partial charge is 0.490 e. The minimum atomic E-state index is -0.0361. The van der Waals surface area contributed by atoms with Crippen molar-refractivity contribution < 1.29 is 13.9 Å². The summed E-state index contributed by atoms with van der Waals surface area (Å²) in [5, 5.41) is 5.21. The van der Waals surface area contributed by atoms with Gasteiger partial charge in [-0.1, -0.05) is 12.1 Å². The molecule has 0 aliphatic carbocycles. The standard InChI is InChI=1S/C21H24N2O3S/c1-2-25-18-6-3-5-17-13-19(26-20(17)18)21(24)23-9-4-8-22(10-11-23)14-16-7-12-27-15-16/h3,5-7,12-13,15H,2,4,8-11,14H2,1H3. The van der Waals surface area contributed by atoms with Crippen LogP contribution in [0.1, 0.15) is 29.5 Å². The van der Waals surface area contributed by atoms with Crippen LogP contribution in [0.15, 0.2) is 45.5 Å². The van der Waals surface area contributed by atoms with E-state index in [9.17, 15) is 4.79 Å². The highest BCUT2D eigenvalue weighted by molar-refractivity contribution is 7.07. The summed E-state index contributed by atoms with van der Waals surface area (Å²) in [6.07, 6.45) is 0.973. The zero-order valence-electron chi connectivity index (χ0n) is 15.5. The maximum absolute atomic E-state index is 13.0. The zero-order chi connectivity index (χ0) is 18.6. The maximum Gasteiger partial charge on any atom is 0.289 e. The van der Waals surface area contributed by atoms with Crippen LogP contribution in [0, 0.1) is 0 Å². The van der Waals surface area contributed by atoms with Crippen molar-refractivity contribution in [3.05, 3.63) is 52.4 Å². The Morgan fingerprint density at radius 3 is 2.96 bits per heavy atom. The Hall–Kier alpha value is -2.31. The lowest BCUT2D eigenvalue weighted by molar-refractivity contribution is 0.0731. The van der Waals surface area contributed by atoms with E-state index in [4.69, 9.17) is 9.15 Å². The molecule has 2 aromatic heterocycles. The normalized spacial score (nSPS) is 15.8. The van der Waals surface area contributed by atoms with Gasteiger partial charge in [-0.05, 0) is 47.9 Å². The Morgan fingerprint density at radius 1 is 1.22 bits per heavy atom. The number of ether oxygens (including phenoxy) is 1. The third-order valence-electron chi connectivity index (χ3n) is 4.88. The number of hydrogen-bond donors (Lipinski definition) is 0. The van der Waals surface area contributed by atoms with Crippen LogP contribution in [0.5, 0.6) is 5.75 Å². The van der Waals surface area contributed by atoms with Crippen molar-refractivity contribution in [2.45, 2.75) is 19.9 Å². The number of hydrogen-bond acceptors (Lipinski definition) is 5. The average molecular weight is 385 g/mol. The lowest BCUT2D eigenvalue weighted by Crippen LogP contribution is -2.34. The second kappa shape index (κ2) is 8.15. The van der Waals surface area contributed by atoms with Crippen LogP contribution in [-0.4, -0.2) is 48.5 Å². The van der Waals surface area contributed by atoms with Gasteiger partial charge in [0.05, 0.1) is 6.61 Å². The van der Waals surface area contributed by atoms with Gasteiger partial charge in [0.1, 0.15) is 0 Å². The number of thiophene rings is 1. The first kappa shape index (κ1) is 18.1. The predicted molar refractivity (Wildman–Crippen MR) is 107 cm³/mol. The van der Waals surface area contributed by atoms with Gasteiger partial charge >= 0.3 is 0 Å². The molecule has 142 valence electrons. The molecule has 1 aliphatic rings. The molecule has 1 saturated heterocycles. The number of carbonyl (C=O) groups is 1. The minimum absolute atomic E-state index is 0.0361. The molecule has 0 unspecified atom stereocenters. The van der Waals surface area contributed by atoms with Crippen molar-refractivity contribution in [3.63, 3.8) is 0 Å². The summed E-state index contributed by atoms with van der Waals surface area (Å²) in [7, 11) is 0. The van der Waals surface area contributed by atoms with Crippen LogP contribution >= 0.6 is 11.3 Å². The number of fused-ring (bicyclic) bond motifs is 1. The molecular formula is C21H24N2O3S. The number of benzene rings is 1. The molecule has 3 aromatic rings. The van der Waals surface area contributed by atoms with Gasteiger partial charge in [0.2, 0.25) is 0 Å². The Kier molecular flexibility index (Phi) is 5.45. The van der Waals surface area contributed by atoms with E-state index in [1.165, 1.54) is 5.56 Å². The molecule has 5 nitrogen and oxygen atoms in total. The molecule has 1 aliphatic heterocycles. The molecule has 27 heavy (non-hydrogen) atoms. The summed E-state index contributed by atoms with van der Waals surface area (Å²) in [5.74, 6) is 1.04. The summed E-state index contributed by atoms with van der Waals surface area (Å²) in [4.78, 5) is 17.3. The molecule has 3 heterocycles. The number of amides is 1. The van der Waals surface area contributed by atoms with Gasteiger partial charge in [-0.3, -0.25) is 9.69 Å². The summed E-state index contributed by atoms with van der Waals surface area (Å²) >= 11 is 1.73. The van der Waals surface area contributed by atoms with Crippen molar-refractivity contribution in [1.29, 1.82) is 0 Å². The number of para-hydroxylation sites is 1. The van der Waals surface area contributed by atoms with Crippen LogP contribution in [0.4, 0.5) is 0 Å². The van der Waals surface area contributed by atoms with Crippen LogP contribution in [-0.2, 0) is 6.54 Å². The van der Waals surface area contributed by atoms with E-state index in [2.05, 4.69) is 21.7 Å². The van der Waals surface area contributed by atoms with E-state index in [0.717, 1.165) is 44.5 Å². The highest BCUT2D eigenvalue weighted by atomic mass is 32.1. The van der Waals surface area contributed by atoms with Crippen molar-refractivity contribution in [3.8, 4) is 5.75 Å².